The van der Waals surface area contributed by atoms with E-state index in [4.69, 9.17) is 4.74 Å². The molecule has 0 fully saturated rings. The van der Waals surface area contributed by atoms with E-state index in [1.807, 2.05) is 48.5 Å². The van der Waals surface area contributed by atoms with Gasteiger partial charge >= 0.3 is 0 Å². The number of hydrogen-bond donors (Lipinski definition) is 1. The van der Waals surface area contributed by atoms with Gasteiger partial charge in [0, 0.05) is 17.5 Å². The lowest BCUT2D eigenvalue weighted by Gasteiger charge is -2.26. The molecule has 3 heteroatoms. The largest absolute Gasteiger partial charge is 0.493 e. The molecule has 1 heterocycles. The van der Waals surface area contributed by atoms with Crippen LogP contribution in [0.3, 0.4) is 0 Å². The molecule has 3 rings (SSSR count). The highest BCUT2D eigenvalue weighted by Crippen LogP contribution is 2.31. The van der Waals surface area contributed by atoms with Gasteiger partial charge in [-0.1, -0.05) is 44.2 Å². The maximum Gasteiger partial charge on any atom is 0.251 e. The second-order valence-electron chi connectivity index (χ2n) is 5.98. The molecule has 1 aliphatic heterocycles. The van der Waals surface area contributed by atoms with Crippen LogP contribution in [0.5, 0.6) is 5.75 Å². The number of amides is 1. The molecule has 0 bridgehead atoms. The third-order valence-corrected chi connectivity index (χ3v) is 4.10. The first-order chi connectivity index (χ1) is 10.6. The molecule has 2 aromatic carbocycles. The number of hydrogen-bond acceptors (Lipinski definition) is 2. The van der Waals surface area contributed by atoms with Gasteiger partial charge in [0.2, 0.25) is 0 Å². The van der Waals surface area contributed by atoms with Crippen LogP contribution in [-0.4, -0.2) is 12.5 Å². The second-order valence-corrected chi connectivity index (χ2v) is 5.98. The molecular weight excluding hydrogens is 274 g/mol. The van der Waals surface area contributed by atoms with Gasteiger partial charge in [-0.15, -0.1) is 0 Å². The zero-order chi connectivity index (χ0) is 15.5. The summed E-state index contributed by atoms with van der Waals surface area (Å²) in [4.78, 5) is 12.5. The van der Waals surface area contributed by atoms with Crippen molar-refractivity contribution in [3.63, 3.8) is 0 Å². The zero-order valence-corrected chi connectivity index (χ0v) is 13.0. The maximum atomic E-state index is 12.5. The van der Waals surface area contributed by atoms with Crippen LogP contribution in [0, 0.1) is 0 Å². The van der Waals surface area contributed by atoms with Crippen LogP contribution < -0.4 is 10.1 Å². The van der Waals surface area contributed by atoms with Crippen molar-refractivity contribution in [3.8, 4) is 5.75 Å². The normalized spacial score (nSPS) is 16.8. The number of benzene rings is 2. The van der Waals surface area contributed by atoms with Gasteiger partial charge in [-0.25, -0.2) is 0 Å². The number of carbonyl (C=O) groups excluding carboxylic acids is 1. The molecule has 0 saturated heterocycles. The first-order valence-corrected chi connectivity index (χ1v) is 7.77. The molecule has 1 atom stereocenters. The molecule has 1 N–H and O–H groups in total. The number of para-hydroxylation sites is 1. The fraction of sp³-hybridized carbons (Fsp3) is 0.316. The van der Waals surface area contributed by atoms with Gasteiger partial charge < -0.3 is 10.1 Å². The Morgan fingerprint density at radius 2 is 1.86 bits per heavy atom. The van der Waals surface area contributed by atoms with E-state index in [9.17, 15) is 4.79 Å². The Bertz CT molecular complexity index is 661. The Kier molecular flexibility index (Phi) is 4.14. The Hall–Kier alpha value is -2.29. The minimum Gasteiger partial charge on any atom is -0.493 e. The van der Waals surface area contributed by atoms with Crippen molar-refractivity contribution in [3.05, 3.63) is 65.2 Å². The summed E-state index contributed by atoms with van der Waals surface area (Å²) < 4.78 is 5.63. The lowest BCUT2D eigenvalue weighted by molar-refractivity contribution is 0.0925. The van der Waals surface area contributed by atoms with Crippen molar-refractivity contribution in [2.24, 2.45) is 0 Å². The molecule has 2 aromatic rings. The average molecular weight is 295 g/mol. The summed E-state index contributed by atoms with van der Waals surface area (Å²) in [5.41, 5.74) is 3.00. The smallest absolute Gasteiger partial charge is 0.251 e. The minimum absolute atomic E-state index is 0.0159. The molecular formula is C19H21NO2. The van der Waals surface area contributed by atoms with E-state index < -0.39 is 0 Å². The summed E-state index contributed by atoms with van der Waals surface area (Å²) in [6.07, 6.45) is 0.798. The van der Waals surface area contributed by atoms with Gasteiger partial charge in [-0.3, -0.25) is 4.79 Å². The number of rotatable bonds is 3. The number of ether oxygens (including phenoxy) is 1. The van der Waals surface area contributed by atoms with Crippen molar-refractivity contribution < 1.29 is 9.53 Å². The van der Waals surface area contributed by atoms with Gasteiger partial charge in [0.15, 0.2) is 0 Å². The highest BCUT2D eigenvalue weighted by atomic mass is 16.5. The third-order valence-electron chi connectivity index (χ3n) is 4.10. The van der Waals surface area contributed by atoms with E-state index in [0.717, 1.165) is 17.7 Å². The topological polar surface area (TPSA) is 38.3 Å². The van der Waals surface area contributed by atoms with Crippen LogP contribution in [0.25, 0.3) is 0 Å². The highest BCUT2D eigenvalue weighted by Gasteiger charge is 2.22. The number of carbonyl (C=O) groups is 1. The third kappa shape index (κ3) is 2.98. The van der Waals surface area contributed by atoms with Crippen molar-refractivity contribution in [2.75, 3.05) is 6.61 Å². The summed E-state index contributed by atoms with van der Waals surface area (Å²) in [5.74, 6) is 1.31. The fourth-order valence-electron chi connectivity index (χ4n) is 2.75. The summed E-state index contributed by atoms with van der Waals surface area (Å²) in [6.45, 7) is 4.93. The quantitative estimate of drug-likeness (QED) is 0.927. The molecule has 0 radical (unpaired) electrons. The van der Waals surface area contributed by atoms with Crippen LogP contribution in [0.15, 0.2) is 48.5 Å². The molecule has 0 unspecified atom stereocenters. The van der Waals surface area contributed by atoms with Crippen LogP contribution in [0.1, 0.15) is 53.7 Å². The summed E-state index contributed by atoms with van der Waals surface area (Å²) in [7, 11) is 0. The van der Waals surface area contributed by atoms with Crippen LogP contribution >= 0.6 is 0 Å². The summed E-state index contributed by atoms with van der Waals surface area (Å²) in [5, 5.41) is 3.12. The minimum atomic E-state index is -0.0305. The number of nitrogens with one attached hydrogen (secondary N) is 1. The molecule has 1 amide bonds. The lowest BCUT2D eigenvalue weighted by atomic mass is 9.99. The molecule has 0 aromatic heterocycles. The molecule has 0 aliphatic carbocycles. The van der Waals surface area contributed by atoms with E-state index >= 15 is 0 Å². The second kappa shape index (κ2) is 6.22. The predicted octanol–water partition coefficient (Wildman–Crippen LogP) is 4.06. The van der Waals surface area contributed by atoms with Crippen LogP contribution in [-0.2, 0) is 0 Å². The maximum absolute atomic E-state index is 12.5. The molecule has 3 nitrogen and oxygen atoms in total. The molecule has 22 heavy (non-hydrogen) atoms. The molecule has 1 aliphatic rings. The zero-order valence-electron chi connectivity index (χ0n) is 13.0. The molecule has 0 spiro atoms. The van der Waals surface area contributed by atoms with Gasteiger partial charge in [0.05, 0.1) is 12.6 Å². The van der Waals surface area contributed by atoms with Crippen molar-refractivity contribution in [1.29, 1.82) is 0 Å². The Balaban J connectivity index is 1.75. The van der Waals surface area contributed by atoms with Crippen molar-refractivity contribution in [2.45, 2.75) is 32.2 Å². The SMILES string of the molecule is CC(C)c1ccc(C(=O)N[C@@H]2CCOc3ccccc32)cc1. The Morgan fingerprint density at radius 3 is 2.59 bits per heavy atom. The highest BCUT2D eigenvalue weighted by molar-refractivity contribution is 5.94. The van der Waals surface area contributed by atoms with Gasteiger partial charge in [0.25, 0.3) is 5.91 Å². The Morgan fingerprint density at radius 1 is 1.14 bits per heavy atom. The van der Waals surface area contributed by atoms with Gasteiger partial charge in [0.1, 0.15) is 5.75 Å². The molecule has 0 saturated carbocycles. The average Bonchev–Trinajstić information content (AvgIpc) is 2.55. The van der Waals surface area contributed by atoms with E-state index in [-0.39, 0.29) is 11.9 Å². The van der Waals surface area contributed by atoms with Gasteiger partial charge in [-0.05, 0) is 29.7 Å². The number of fused-ring (bicyclic) bond motifs is 1. The lowest BCUT2D eigenvalue weighted by Crippen LogP contribution is -2.32. The first kappa shape index (κ1) is 14.6. The van der Waals surface area contributed by atoms with Gasteiger partial charge in [-0.2, -0.15) is 0 Å². The summed E-state index contributed by atoms with van der Waals surface area (Å²) in [6, 6.07) is 15.8. The first-order valence-electron chi connectivity index (χ1n) is 7.77. The predicted molar refractivity (Wildman–Crippen MR) is 87.3 cm³/mol. The van der Waals surface area contributed by atoms with E-state index in [2.05, 4.69) is 19.2 Å². The van der Waals surface area contributed by atoms with E-state index in [1.54, 1.807) is 0 Å². The van der Waals surface area contributed by atoms with Crippen LogP contribution in [0.4, 0.5) is 0 Å². The molecule has 114 valence electrons. The monoisotopic (exact) mass is 295 g/mol. The van der Waals surface area contributed by atoms with E-state index in [1.165, 1.54) is 5.56 Å². The standard InChI is InChI=1S/C19H21NO2/c1-13(2)14-7-9-15(10-8-14)19(21)20-17-11-12-22-18-6-4-3-5-16(17)18/h3-10,13,17H,11-12H2,1-2H3,(H,20,21)/t17-/m1/s1. The Labute approximate surface area is 131 Å². The fourth-order valence-corrected chi connectivity index (χ4v) is 2.75. The van der Waals surface area contributed by atoms with E-state index in [0.29, 0.717) is 18.1 Å². The summed E-state index contributed by atoms with van der Waals surface area (Å²) >= 11 is 0. The van der Waals surface area contributed by atoms with Crippen molar-refractivity contribution >= 4 is 5.91 Å². The van der Waals surface area contributed by atoms with Crippen LogP contribution in [0.2, 0.25) is 0 Å². The van der Waals surface area contributed by atoms with Crippen molar-refractivity contribution in [1.82, 2.24) is 5.32 Å².